The van der Waals surface area contributed by atoms with E-state index in [9.17, 15) is 4.79 Å². The van der Waals surface area contributed by atoms with Crippen molar-refractivity contribution in [2.24, 2.45) is 5.92 Å². The smallest absolute Gasteiger partial charge is 0.227 e. The van der Waals surface area contributed by atoms with Gasteiger partial charge in [-0.05, 0) is 38.5 Å². The van der Waals surface area contributed by atoms with E-state index in [1.807, 2.05) is 47.0 Å². The van der Waals surface area contributed by atoms with Crippen molar-refractivity contribution in [2.45, 2.75) is 26.0 Å². The number of hydrogen-bond donors (Lipinski definition) is 0. The SMILES string of the molecule is C[C@H](Cn1c(Br)cnc1-c1occc(=O)c1OCc1ccccc1)C(c1ccccc1)c1ccccc1. The van der Waals surface area contributed by atoms with Crippen LogP contribution in [0.15, 0.2) is 123 Å². The normalized spacial score (nSPS) is 12.0. The van der Waals surface area contributed by atoms with Gasteiger partial charge in [0, 0.05) is 18.5 Å². The molecule has 0 amide bonds. The highest BCUT2D eigenvalue weighted by atomic mass is 79.9. The summed E-state index contributed by atoms with van der Waals surface area (Å²) in [5, 5.41) is 0. The molecule has 1 atom stereocenters. The third-order valence-electron chi connectivity index (χ3n) is 6.43. The summed E-state index contributed by atoms with van der Waals surface area (Å²) in [5.41, 5.74) is 3.21. The highest BCUT2D eigenvalue weighted by Crippen LogP contribution is 2.36. The number of nitrogens with zero attached hydrogens (tertiary/aromatic N) is 2. The number of benzene rings is 3. The Morgan fingerprint density at radius 2 is 1.49 bits per heavy atom. The molecule has 0 saturated carbocycles. The lowest BCUT2D eigenvalue weighted by atomic mass is 9.81. The van der Waals surface area contributed by atoms with Crippen molar-refractivity contribution in [2.75, 3.05) is 0 Å². The number of hydrogen-bond acceptors (Lipinski definition) is 4. The van der Waals surface area contributed by atoms with Crippen molar-refractivity contribution >= 4 is 15.9 Å². The summed E-state index contributed by atoms with van der Waals surface area (Å²) in [5.74, 6) is 1.37. The molecule has 0 spiro atoms. The molecule has 2 aromatic heterocycles. The molecule has 0 aliphatic rings. The summed E-state index contributed by atoms with van der Waals surface area (Å²) in [6.07, 6.45) is 3.12. The number of imidazole rings is 1. The zero-order valence-corrected chi connectivity index (χ0v) is 22.0. The quantitative estimate of drug-likeness (QED) is 0.191. The van der Waals surface area contributed by atoms with Gasteiger partial charge in [0.15, 0.2) is 5.82 Å². The first-order valence-electron chi connectivity index (χ1n) is 12.2. The fraction of sp³-hybridized carbons (Fsp3) is 0.161. The van der Waals surface area contributed by atoms with Gasteiger partial charge in [0.25, 0.3) is 0 Å². The molecule has 186 valence electrons. The van der Waals surface area contributed by atoms with Gasteiger partial charge in [-0.1, -0.05) is 97.9 Å². The van der Waals surface area contributed by atoms with E-state index in [-0.39, 0.29) is 29.6 Å². The van der Waals surface area contributed by atoms with Crippen LogP contribution < -0.4 is 10.2 Å². The van der Waals surface area contributed by atoms with Gasteiger partial charge in [-0.15, -0.1) is 0 Å². The fourth-order valence-corrected chi connectivity index (χ4v) is 5.11. The first-order valence-corrected chi connectivity index (χ1v) is 13.0. The van der Waals surface area contributed by atoms with Gasteiger partial charge in [0.2, 0.25) is 16.9 Å². The lowest BCUT2D eigenvalue weighted by molar-refractivity contribution is 0.294. The van der Waals surface area contributed by atoms with E-state index in [1.54, 1.807) is 6.20 Å². The summed E-state index contributed by atoms with van der Waals surface area (Å²) in [4.78, 5) is 17.4. The first-order chi connectivity index (χ1) is 18.1. The molecule has 6 heteroatoms. The summed E-state index contributed by atoms with van der Waals surface area (Å²) in [6.45, 7) is 3.13. The van der Waals surface area contributed by atoms with Gasteiger partial charge in [-0.2, -0.15) is 0 Å². The van der Waals surface area contributed by atoms with Crippen LogP contribution in [0.2, 0.25) is 0 Å². The van der Waals surface area contributed by atoms with Crippen LogP contribution in [0.3, 0.4) is 0 Å². The second-order valence-corrected chi connectivity index (χ2v) is 9.82. The van der Waals surface area contributed by atoms with Crippen LogP contribution in [0.25, 0.3) is 11.6 Å². The van der Waals surface area contributed by atoms with Crippen LogP contribution in [0.4, 0.5) is 0 Å². The van der Waals surface area contributed by atoms with E-state index in [4.69, 9.17) is 9.15 Å². The van der Waals surface area contributed by atoms with Crippen LogP contribution >= 0.6 is 15.9 Å². The molecule has 0 bridgehead atoms. The number of aromatic nitrogens is 2. The second-order valence-electron chi connectivity index (χ2n) is 9.01. The van der Waals surface area contributed by atoms with Crippen LogP contribution in [0.1, 0.15) is 29.5 Å². The van der Waals surface area contributed by atoms with Gasteiger partial charge in [0.05, 0.1) is 12.5 Å². The third kappa shape index (κ3) is 5.59. The zero-order valence-electron chi connectivity index (χ0n) is 20.5. The maximum Gasteiger partial charge on any atom is 0.227 e. The van der Waals surface area contributed by atoms with Crippen LogP contribution in [-0.2, 0) is 13.2 Å². The molecule has 37 heavy (non-hydrogen) atoms. The first kappa shape index (κ1) is 24.8. The van der Waals surface area contributed by atoms with E-state index in [1.165, 1.54) is 23.5 Å². The van der Waals surface area contributed by atoms with Crippen molar-refractivity contribution in [3.05, 3.63) is 141 Å². The molecule has 3 aromatic carbocycles. The molecule has 0 saturated heterocycles. The van der Waals surface area contributed by atoms with Gasteiger partial charge < -0.3 is 13.7 Å². The average Bonchev–Trinajstić information content (AvgIpc) is 3.29. The third-order valence-corrected chi connectivity index (χ3v) is 7.06. The predicted molar refractivity (Wildman–Crippen MR) is 149 cm³/mol. The summed E-state index contributed by atoms with van der Waals surface area (Å²) in [7, 11) is 0. The Bertz CT molecular complexity index is 1460. The molecule has 5 aromatic rings. The van der Waals surface area contributed by atoms with E-state index < -0.39 is 0 Å². The van der Waals surface area contributed by atoms with Crippen molar-refractivity contribution in [3.63, 3.8) is 0 Å². The average molecular weight is 555 g/mol. The molecule has 5 nitrogen and oxygen atoms in total. The van der Waals surface area contributed by atoms with Crippen molar-refractivity contribution in [1.82, 2.24) is 9.55 Å². The molecular formula is C31H27BrN2O3. The molecule has 0 aliphatic carbocycles. The maximum absolute atomic E-state index is 12.8. The largest absolute Gasteiger partial charge is 0.481 e. The Hall–Kier alpha value is -3.90. The Morgan fingerprint density at radius 3 is 2.11 bits per heavy atom. The molecule has 0 fully saturated rings. The minimum Gasteiger partial charge on any atom is -0.481 e. The molecular weight excluding hydrogens is 528 g/mol. The Labute approximate surface area is 224 Å². The molecule has 0 N–H and O–H groups in total. The second kappa shape index (κ2) is 11.4. The topological polar surface area (TPSA) is 57.3 Å². The summed E-state index contributed by atoms with van der Waals surface area (Å²) >= 11 is 3.66. The lowest BCUT2D eigenvalue weighted by Crippen LogP contribution is -2.19. The maximum atomic E-state index is 12.8. The lowest BCUT2D eigenvalue weighted by Gasteiger charge is -2.26. The van der Waals surface area contributed by atoms with Crippen LogP contribution in [0.5, 0.6) is 5.75 Å². The standard InChI is InChI=1S/C31H27BrN2O3/c1-22(28(24-13-7-3-8-14-24)25-15-9-4-10-16-25)20-34-27(32)19-33-31(34)30-29(26(35)17-18-36-30)37-21-23-11-5-2-6-12-23/h2-19,22,28H,20-21H2,1H3/t22-/m1/s1. The van der Waals surface area contributed by atoms with Crippen molar-refractivity contribution in [3.8, 4) is 17.3 Å². The molecule has 5 rings (SSSR count). The van der Waals surface area contributed by atoms with Crippen molar-refractivity contribution < 1.29 is 9.15 Å². The minimum absolute atomic E-state index is 0.154. The van der Waals surface area contributed by atoms with E-state index in [2.05, 4.69) is 76.4 Å². The predicted octanol–water partition coefficient (Wildman–Crippen LogP) is 7.31. The van der Waals surface area contributed by atoms with Gasteiger partial charge in [-0.3, -0.25) is 4.79 Å². The fourth-order valence-electron chi connectivity index (χ4n) is 4.70. The van der Waals surface area contributed by atoms with Crippen molar-refractivity contribution in [1.29, 1.82) is 0 Å². The molecule has 0 radical (unpaired) electrons. The highest BCUT2D eigenvalue weighted by Gasteiger charge is 2.26. The number of rotatable bonds is 9. The Balaban J connectivity index is 1.49. The summed E-state index contributed by atoms with van der Waals surface area (Å²) < 4.78 is 14.7. The number of ether oxygens (including phenoxy) is 1. The van der Waals surface area contributed by atoms with E-state index in [0.29, 0.717) is 18.1 Å². The molecule has 0 aliphatic heterocycles. The minimum atomic E-state index is -0.248. The van der Waals surface area contributed by atoms with Crippen LogP contribution in [0, 0.1) is 5.92 Å². The molecule has 0 unspecified atom stereocenters. The number of halogens is 1. The van der Waals surface area contributed by atoms with Gasteiger partial charge in [-0.25, -0.2) is 4.98 Å². The monoisotopic (exact) mass is 554 g/mol. The van der Waals surface area contributed by atoms with E-state index >= 15 is 0 Å². The Morgan fingerprint density at radius 1 is 0.892 bits per heavy atom. The zero-order chi connectivity index (χ0) is 25.6. The molecule has 2 heterocycles. The van der Waals surface area contributed by atoms with Gasteiger partial charge >= 0.3 is 0 Å². The highest BCUT2D eigenvalue weighted by molar-refractivity contribution is 9.10. The van der Waals surface area contributed by atoms with Crippen LogP contribution in [-0.4, -0.2) is 9.55 Å². The van der Waals surface area contributed by atoms with E-state index in [0.717, 1.165) is 10.2 Å². The Kier molecular flexibility index (Phi) is 7.66. The summed E-state index contributed by atoms with van der Waals surface area (Å²) in [6, 6.07) is 32.2. The van der Waals surface area contributed by atoms with Gasteiger partial charge in [0.1, 0.15) is 11.2 Å².